The van der Waals surface area contributed by atoms with Crippen LogP contribution < -0.4 is 5.32 Å². The average molecular weight is 251 g/mol. The van der Waals surface area contributed by atoms with E-state index >= 15 is 0 Å². The summed E-state index contributed by atoms with van der Waals surface area (Å²) in [4.78, 5) is 4.04. The Morgan fingerprint density at radius 2 is 1.95 bits per heavy atom. The first kappa shape index (κ1) is 11.8. The molecule has 0 saturated heterocycles. The first-order valence-corrected chi connectivity index (χ1v) is 6.60. The van der Waals surface area contributed by atoms with Gasteiger partial charge in [-0.15, -0.1) is 0 Å². The number of imidazole rings is 1. The molecule has 0 saturated carbocycles. The molecule has 1 N–H and O–H groups in total. The molecule has 0 aliphatic rings. The smallest absolute Gasteiger partial charge is 0.0945 e. The van der Waals surface area contributed by atoms with Crippen molar-refractivity contribution < 1.29 is 0 Å². The van der Waals surface area contributed by atoms with E-state index in [1.54, 1.807) is 0 Å². The van der Waals surface area contributed by atoms with Crippen LogP contribution in [0.2, 0.25) is 0 Å². The van der Waals surface area contributed by atoms with Crippen LogP contribution in [0.15, 0.2) is 61.2 Å². The predicted molar refractivity (Wildman–Crippen MR) is 79.3 cm³/mol. The zero-order valence-corrected chi connectivity index (χ0v) is 10.8. The maximum absolute atomic E-state index is 4.04. The van der Waals surface area contributed by atoms with Crippen molar-refractivity contribution in [2.45, 2.75) is 13.0 Å². The summed E-state index contributed by atoms with van der Waals surface area (Å²) < 4.78 is 2.10. The van der Waals surface area contributed by atoms with Gasteiger partial charge in [-0.25, -0.2) is 4.98 Å². The van der Waals surface area contributed by atoms with Gasteiger partial charge in [0.1, 0.15) is 0 Å². The molecule has 0 aliphatic heterocycles. The molecule has 0 aliphatic carbocycles. The van der Waals surface area contributed by atoms with Gasteiger partial charge in [-0.05, 0) is 29.3 Å². The number of nitrogens with zero attached hydrogens (tertiary/aromatic N) is 2. The third-order valence-electron chi connectivity index (χ3n) is 3.23. The fourth-order valence-electron chi connectivity index (χ4n) is 2.21. The van der Waals surface area contributed by atoms with Gasteiger partial charge >= 0.3 is 0 Å². The first-order valence-electron chi connectivity index (χ1n) is 6.60. The average Bonchev–Trinajstić information content (AvgIpc) is 2.97. The van der Waals surface area contributed by atoms with Gasteiger partial charge in [0.05, 0.1) is 6.33 Å². The van der Waals surface area contributed by atoms with Crippen LogP contribution in [0.4, 0.5) is 5.69 Å². The molecule has 1 heterocycles. The molecule has 0 bridgehead atoms. The van der Waals surface area contributed by atoms with E-state index in [0.717, 1.165) is 19.5 Å². The van der Waals surface area contributed by atoms with Crippen LogP contribution in [0, 0.1) is 0 Å². The minimum atomic E-state index is 0.969. The van der Waals surface area contributed by atoms with Gasteiger partial charge in [-0.1, -0.05) is 30.3 Å². The van der Waals surface area contributed by atoms with E-state index in [2.05, 4.69) is 57.3 Å². The SMILES string of the molecule is c1ccc2cc(NCCCn3ccnc3)ccc2c1. The molecule has 3 nitrogen and oxygen atoms in total. The zero-order chi connectivity index (χ0) is 12.9. The van der Waals surface area contributed by atoms with Crippen molar-refractivity contribution >= 4 is 16.5 Å². The third-order valence-corrected chi connectivity index (χ3v) is 3.23. The van der Waals surface area contributed by atoms with Crippen LogP contribution in [0.3, 0.4) is 0 Å². The number of nitrogens with one attached hydrogen (secondary N) is 1. The number of fused-ring (bicyclic) bond motifs is 1. The second-order valence-corrected chi connectivity index (χ2v) is 4.64. The molecular weight excluding hydrogens is 234 g/mol. The van der Waals surface area contributed by atoms with Gasteiger partial charge < -0.3 is 9.88 Å². The highest BCUT2D eigenvalue weighted by Crippen LogP contribution is 2.18. The molecule has 0 spiro atoms. The van der Waals surface area contributed by atoms with Gasteiger partial charge in [-0.2, -0.15) is 0 Å². The Labute approximate surface area is 112 Å². The summed E-state index contributed by atoms with van der Waals surface area (Å²) in [5.41, 5.74) is 1.18. The highest BCUT2D eigenvalue weighted by Gasteiger charge is 1.96. The summed E-state index contributed by atoms with van der Waals surface area (Å²) in [7, 11) is 0. The molecule has 0 atom stereocenters. The third kappa shape index (κ3) is 2.94. The lowest BCUT2D eigenvalue weighted by molar-refractivity contribution is 0.661. The molecule has 1 aromatic heterocycles. The zero-order valence-electron chi connectivity index (χ0n) is 10.8. The van der Waals surface area contributed by atoms with Crippen LogP contribution in [0.1, 0.15) is 6.42 Å². The predicted octanol–water partition coefficient (Wildman–Crippen LogP) is 3.54. The number of aryl methyl sites for hydroxylation is 1. The van der Waals surface area contributed by atoms with Gasteiger partial charge in [0.15, 0.2) is 0 Å². The Bertz CT molecular complexity index is 644. The summed E-state index contributed by atoms with van der Waals surface area (Å²) in [6, 6.07) is 14.9. The first-order chi connectivity index (χ1) is 9.42. The molecule has 19 heavy (non-hydrogen) atoms. The molecule has 3 rings (SSSR count). The normalized spacial score (nSPS) is 10.7. The van der Waals surface area contributed by atoms with E-state index in [1.165, 1.54) is 16.5 Å². The van der Waals surface area contributed by atoms with E-state index in [1.807, 2.05) is 18.7 Å². The molecule has 3 heteroatoms. The second-order valence-electron chi connectivity index (χ2n) is 4.64. The van der Waals surface area contributed by atoms with Crippen LogP contribution in [-0.4, -0.2) is 16.1 Å². The van der Waals surface area contributed by atoms with E-state index in [0.29, 0.717) is 0 Å². The summed E-state index contributed by atoms with van der Waals surface area (Å²) in [5.74, 6) is 0. The van der Waals surface area contributed by atoms with Gasteiger partial charge in [0, 0.05) is 31.2 Å². The minimum absolute atomic E-state index is 0.969. The van der Waals surface area contributed by atoms with E-state index in [4.69, 9.17) is 0 Å². The topological polar surface area (TPSA) is 29.9 Å². The molecule has 3 aromatic rings. The number of benzene rings is 2. The molecule has 0 unspecified atom stereocenters. The fourth-order valence-corrected chi connectivity index (χ4v) is 2.21. The summed E-state index contributed by atoms with van der Waals surface area (Å²) in [6.45, 7) is 1.97. The Hall–Kier alpha value is -2.29. The number of anilines is 1. The Kier molecular flexibility index (Phi) is 3.45. The van der Waals surface area contributed by atoms with Crippen molar-refractivity contribution in [1.29, 1.82) is 0 Å². The van der Waals surface area contributed by atoms with Crippen molar-refractivity contribution in [2.24, 2.45) is 0 Å². The van der Waals surface area contributed by atoms with E-state index in [-0.39, 0.29) is 0 Å². The highest BCUT2D eigenvalue weighted by molar-refractivity contribution is 5.85. The van der Waals surface area contributed by atoms with E-state index in [9.17, 15) is 0 Å². The molecule has 2 aromatic carbocycles. The van der Waals surface area contributed by atoms with Crippen LogP contribution in [0.5, 0.6) is 0 Å². The van der Waals surface area contributed by atoms with Gasteiger partial charge in [0.2, 0.25) is 0 Å². The summed E-state index contributed by atoms with van der Waals surface area (Å²) >= 11 is 0. The Morgan fingerprint density at radius 1 is 1.05 bits per heavy atom. The molecule has 0 amide bonds. The van der Waals surface area contributed by atoms with Gasteiger partial charge in [-0.3, -0.25) is 0 Å². The van der Waals surface area contributed by atoms with Gasteiger partial charge in [0.25, 0.3) is 0 Å². The van der Waals surface area contributed by atoms with Crippen LogP contribution in [0.25, 0.3) is 10.8 Å². The Morgan fingerprint density at radius 3 is 2.79 bits per heavy atom. The lowest BCUT2D eigenvalue weighted by Crippen LogP contribution is -2.05. The number of aromatic nitrogens is 2. The van der Waals surface area contributed by atoms with Crippen molar-refractivity contribution in [2.75, 3.05) is 11.9 Å². The van der Waals surface area contributed by atoms with Crippen molar-refractivity contribution in [3.63, 3.8) is 0 Å². The maximum Gasteiger partial charge on any atom is 0.0945 e. The molecular formula is C16H17N3. The highest BCUT2D eigenvalue weighted by atomic mass is 15.0. The van der Waals surface area contributed by atoms with Crippen LogP contribution in [-0.2, 0) is 6.54 Å². The van der Waals surface area contributed by atoms with Crippen molar-refractivity contribution in [3.05, 3.63) is 61.2 Å². The summed E-state index contributed by atoms with van der Waals surface area (Å²) in [5, 5.41) is 6.03. The number of rotatable bonds is 5. The minimum Gasteiger partial charge on any atom is -0.385 e. The molecule has 0 radical (unpaired) electrons. The summed E-state index contributed by atoms with van der Waals surface area (Å²) in [6.07, 6.45) is 6.76. The Balaban J connectivity index is 1.56. The largest absolute Gasteiger partial charge is 0.385 e. The molecule has 0 fully saturated rings. The lowest BCUT2D eigenvalue weighted by Gasteiger charge is -2.08. The number of hydrogen-bond donors (Lipinski definition) is 1. The van der Waals surface area contributed by atoms with E-state index < -0.39 is 0 Å². The van der Waals surface area contributed by atoms with Crippen LogP contribution >= 0.6 is 0 Å². The maximum atomic E-state index is 4.04. The second kappa shape index (κ2) is 5.57. The van der Waals surface area contributed by atoms with Crippen molar-refractivity contribution in [1.82, 2.24) is 9.55 Å². The monoisotopic (exact) mass is 251 g/mol. The lowest BCUT2D eigenvalue weighted by atomic mass is 10.1. The quantitative estimate of drug-likeness (QED) is 0.703. The number of hydrogen-bond acceptors (Lipinski definition) is 2. The van der Waals surface area contributed by atoms with Crippen molar-refractivity contribution in [3.8, 4) is 0 Å². The molecule has 96 valence electrons. The standard InChI is InChI=1S/C16H17N3/c1-2-5-15-12-16(7-6-14(15)4-1)18-8-3-10-19-11-9-17-13-19/h1-2,4-7,9,11-13,18H,3,8,10H2. The fraction of sp³-hybridized carbons (Fsp3) is 0.188.